The molecule has 152 valence electrons. The van der Waals surface area contributed by atoms with Gasteiger partial charge in [-0.2, -0.15) is 0 Å². The lowest BCUT2D eigenvalue weighted by Crippen LogP contribution is -2.79. The first kappa shape index (κ1) is 22.1. The van der Waals surface area contributed by atoms with E-state index in [1.165, 1.54) is 23.8 Å². The molecule has 1 amide bonds. The number of carbonyl (C=O) groups is 2. The van der Waals surface area contributed by atoms with Gasteiger partial charge in [0.05, 0.1) is 6.20 Å². The minimum absolute atomic E-state index is 0.283. The lowest BCUT2D eigenvalue weighted by Gasteiger charge is -2.56. The van der Waals surface area contributed by atoms with Gasteiger partial charge in [0.15, 0.2) is 0 Å². The molecular formula is C18H28N2O5S2. The van der Waals surface area contributed by atoms with Crippen molar-refractivity contribution in [1.82, 2.24) is 10.2 Å². The largest absolute Gasteiger partial charge is 0.612 e. The molecule has 0 saturated carbocycles. The summed E-state index contributed by atoms with van der Waals surface area (Å²) < 4.78 is 22.9. The van der Waals surface area contributed by atoms with E-state index >= 15 is 0 Å². The van der Waals surface area contributed by atoms with Crippen molar-refractivity contribution in [1.29, 1.82) is 0 Å². The predicted molar refractivity (Wildman–Crippen MR) is 107 cm³/mol. The Morgan fingerprint density at radius 1 is 1.52 bits per heavy atom. The first-order chi connectivity index (χ1) is 12.5. The second-order valence-corrected chi connectivity index (χ2v) is 10.4. The molecule has 1 N–H and O–H groups in total. The molecule has 2 aliphatic rings. The van der Waals surface area contributed by atoms with E-state index in [2.05, 4.69) is 5.32 Å². The summed E-state index contributed by atoms with van der Waals surface area (Å²) >= 11 is 0.397. The van der Waals surface area contributed by atoms with Gasteiger partial charge >= 0.3 is 5.97 Å². The molecule has 7 nitrogen and oxygen atoms in total. The number of fused-ring (bicyclic) bond motifs is 1. The zero-order valence-corrected chi connectivity index (χ0v) is 18.5. The van der Waals surface area contributed by atoms with Crippen LogP contribution in [0.1, 0.15) is 41.5 Å². The van der Waals surface area contributed by atoms with Gasteiger partial charge in [0.2, 0.25) is 5.72 Å². The molecule has 0 radical (unpaired) electrons. The van der Waals surface area contributed by atoms with Crippen LogP contribution >= 0.6 is 11.8 Å². The number of hydrogen-bond acceptors (Lipinski definition) is 7. The van der Waals surface area contributed by atoms with Gasteiger partial charge in [0.25, 0.3) is 5.91 Å². The summed E-state index contributed by atoms with van der Waals surface area (Å²) in [6, 6.07) is 0. The molecule has 1 fully saturated rings. The second-order valence-electron chi connectivity index (χ2n) is 7.44. The van der Waals surface area contributed by atoms with Crippen molar-refractivity contribution in [3.63, 3.8) is 0 Å². The number of hydrogen-bond donors (Lipinski definition) is 1. The Balaban J connectivity index is 2.28. The van der Waals surface area contributed by atoms with Crippen molar-refractivity contribution in [2.24, 2.45) is 0 Å². The minimum atomic E-state index is -1.29. The van der Waals surface area contributed by atoms with E-state index in [1.54, 1.807) is 33.9 Å². The van der Waals surface area contributed by atoms with Gasteiger partial charge in [0, 0.05) is 19.8 Å². The molecule has 0 aromatic rings. The van der Waals surface area contributed by atoms with Crippen molar-refractivity contribution in [2.75, 3.05) is 18.6 Å². The highest BCUT2D eigenvalue weighted by Crippen LogP contribution is 2.47. The van der Waals surface area contributed by atoms with E-state index < -0.39 is 33.8 Å². The number of methoxy groups -OCH3 is 1. The lowest BCUT2D eigenvalue weighted by atomic mass is 9.98. The number of allylic oxidation sites excluding steroid dienone is 1. The minimum Gasteiger partial charge on any atom is -0.612 e. The van der Waals surface area contributed by atoms with Gasteiger partial charge in [-0.25, -0.2) is 4.79 Å². The third-order valence-corrected chi connectivity index (χ3v) is 7.07. The number of nitrogens with one attached hydrogen (secondary N) is 1. The van der Waals surface area contributed by atoms with Crippen molar-refractivity contribution < 1.29 is 23.6 Å². The summed E-state index contributed by atoms with van der Waals surface area (Å²) in [4.78, 5) is 27.7. The summed E-state index contributed by atoms with van der Waals surface area (Å²) in [7, 11) is 1.45. The van der Waals surface area contributed by atoms with Crippen LogP contribution in [0.5, 0.6) is 0 Å². The van der Waals surface area contributed by atoms with Crippen LogP contribution in [0.15, 0.2) is 22.4 Å². The molecule has 2 aliphatic heterocycles. The molecule has 27 heavy (non-hydrogen) atoms. The number of ether oxygens (including phenoxy) is 2. The predicted octanol–water partition coefficient (Wildman–Crippen LogP) is 2.08. The van der Waals surface area contributed by atoms with Crippen LogP contribution in [0.4, 0.5) is 0 Å². The van der Waals surface area contributed by atoms with Crippen LogP contribution < -0.4 is 5.32 Å². The van der Waals surface area contributed by atoms with Gasteiger partial charge in [-0.15, -0.1) is 11.8 Å². The van der Waals surface area contributed by atoms with E-state index in [9.17, 15) is 14.1 Å². The molecule has 0 spiro atoms. The van der Waals surface area contributed by atoms with Crippen LogP contribution in [-0.2, 0) is 30.2 Å². The average Bonchev–Trinajstić information content (AvgIpc) is 2.59. The number of nitrogens with zero attached hydrogens (tertiary/aromatic N) is 1. The first-order valence-corrected chi connectivity index (χ1v) is 11.1. The SMILES string of the molecule is CC[S+]([O-])C(C)=CN[C@]1(OC)C(=O)N2C(C(=O)OC(C)(C)C)=C(C)CS[C@H]21. The fraction of sp³-hybridized carbons (Fsp3) is 0.667. The summed E-state index contributed by atoms with van der Waals surface area (Å²) in [6.45, 7) is 10.8. The Morgan fingerprint density at radius 2 is 2.15 bits per heavy atom. The molecule has 0 bridgehead atoms. The molecule has 1 saturated heterocycles. The van der Waals surface area contributed by atoms with Crippen LogP contribution in [-0.4, -0.2) is 56.6 Å². The maximum absolute atomic E-state index is 13.0. The maximum atomic E-state index is 13.0. The van der Waals surface area contributed by atoms with Crippen molar-refractivity contribution in [3.05, 3.63) is 22.4 Å². The van der Waals surface area contributed by atoms with E-state index in [-0.39, 0.29) is 11.6 Å². The van der Waals surface area contributed by atoms with Gasteiger partial charge < -0.3 is 19.3 Å². The Morgan fingerprint density at radius 3 is 2.67 bits per heavy atom. The number of thioether (sulfide) groups is 1. The summed E-state index contributed by atoms with van der Waals surface area (Å²) in [5.41, 5.74) is -0.870. The smallest absolute Gasteiger partial charge is 0.355 e. The Bertz CT molecular complexity index is 686. The summed E-state index contributed by atoms with van der Waals surface area (Å²) in [6.07, 6.45) is 1.57. The molecule has 1 unspecified atom stereocenters. The number of carbonyl (C=O) groups excluding carboxylic acids is 2. The van der Waals surface area contributed by atoms with E-state index in [1.807, 2.05) is 13.8 Å². The molecule has 3 atom stereocenters. The highest BCUT2D eigenvalue weighted by molar-refractivity contribution is 8.00. The standard InChI is InChI=1S/C18H28N2O5S2/c1-8-27(23)12(3)9-19-18(24-7)15(22)20-13(11(2)10-26-16(18)20)14(21)25-17(4,5)6/h9,16,19H,8,10H2,1-7H3/t16-,18-,27?/m0/s1. The van der Waals surface area contributed by atoms with E-state index in [4.69, 9.17) is 9.47 Å². The monoisotopic (exact) mass is 416 g/mol. The fourth-order valence-corrected chi connectivity index (χ4v) is 4.92. The number of β-lactam (4-membered cyclic amide) rings is 1. The second kappa shape index (κ2) is 8.06. The van der Waals surface area contributed by atoms with E-state index in [0.717, 1.165) is 5.57 Å². The quantitative estimate of drug-likeness (QED) is 0.307. The molecule has 2 rings (SSSR count). The topological polar surface area (TPSA) is 90.9 Å². The van der Waals surface area contributed by atoms with Crippen LogP contribution in [0.2, 0.25) is 0 Å². The zero-order valence-electron chi connectivity index (χ0n) is 16.9. The highest BCUT2D eigenvalue weighted by atomic mass is 32.2. The van der Waals surface area contributed by atoms with Gasteiger partial charge in [-0.1, -0.05) is 0 Å². The normalized spacial score (nSPS) is 27.1. The van der Waals surface area contributed by atoms with Gasteiger partial charge in [-0.05, 0) is 51.4 Å². The molecule has 0 aromatic heterocycles. The van der Waals surface area contributed by atoms with Crippen LogP contribution in [0.25, 0.3) is 0 Å². The van der Waals surface area contributed by atoms with Crippen molar-refractivity contribution in [2.45, 2.75) is 58.2 Å². The van der Waals surface area contributed by atoms with Gasteiger partial charge in [0.1, 0.15) is 27.3 Å². The molecule has 9 heteroatoms. The number of amides is 1. The van der Waals surface area contributed by atoms with Crippen molar-refractivity contribution >= 4 is 34.8 Å². The van der Waals surface area contributed by atoms with E-state index in [0.29, 0.717) is 16.4 Å². The Labute approximate surface area is 168 Å². The average molecular weight is 417 g/mol. The Kier molecular flexibility index (Phi) is 6.61. The maximum Gasteiger partial charge on any atom is 0.355 e. The fourth-order valence-electron chi connectivity index (χ4n) is 2.88. The van der Waals surface area contributed by atoms with Gasteiger partial charge in [-0.3, -0.25) is 9.69 Å². The number of esters is 1. The third-order valence-electron chi connectivity index (χ3n) is 4.25. The third kappa shape index (κ3) is 4.16. The molecular weight excluding hydrogens is 388 g/mol. The highest BCUT2D eigenvalue weighted by Gasteiger charge is 2.65. The first-order valence-electron chi connectivity index (χ1n) is 8.74. The van der Waals surface area contributed by atoms with Crippen LogP contribution in [0.3, 0.4) is 0 Å². The number of rotatable bonds is 6. The molecule has 2 heterocycles. The summed E-state index contributed by atoms with van der Waals surface area (Å²) in [5, 5.41) is 2.59. The van der Waals surface area contributed by atoms with Crippen molar-refractivity contribution in [3.8, 4) is 0 Å². The lowest BCUT2D eigenvalue weighted by molar-refractivity contribution is -0.190. The van der Waals surface area contributed by atoms with Crippen LogP contribution in [0, 0.1) is 0 Å². The Hall–Kier alpha value is -1.16. The molecule has 0 aromatic carbocycles. The zero-order chi connectivity index (χ0) is 20.6. The summed E-state index contributed by atoms with van der Waals surface area (Å²) in [5.74, 6) is 0.197. The molecule has 0 aliphatic carbocycles.